The van der Waals surface area contributed by atoms with Crippen LogP contribution in [0.1, 0.15) is 5.56 Å². The maximum atomic E-state index is 11.1. The molecule has 1 aromatic heterocycles. The number of benzene rings is 1. The van der Waals surface area contributed by atoms with E-state index in [1.54, 1.807) is 24.5 Å². The normalized spacial score (nSPS) is 11.3. The number of nitrogens with two attached hydrogens (primary N) is 1. The predicted molar refractivity (Wildman–Crippen MR) is 79.9 cm³/mol. The third-order valence-electron chi connectivity index (χ3n) is 2.32. The Balaban J connectivity index is 2.02. The van der Waals surface area contributed by atoms with Crippen molar-refractivity contribution in [3.8, 4) is 0 Å². The van der Waals surface area contributed by atoms with Crippen LogP contribution >= 0.6 is 22.6 Å². The lowest BCUT2D eigenvalue weighted by molar-refractivity contribution is 0.598. The van der Waals surface area contributed by atoms with Gasteiger partial charge in [-0.1, -0.05) is 12.1 Å². The maximum Gasteiger partial charge on any atom is 0.238 e. The summed E-state index contributed by atoms with van der Waals surface area (Å²) < 4.78 is 23.2. The van der Waals surface area contributed by atoms with Gasteiger partial charge >= 0.3 is 0 Å². The molecule has 0 aliphatic rings. The largest absolute Gasteiger partial charge is 0.350 e. The number of nitrogens with one attached hydrogen (secondary N) is 1. The van der Waals surface area contributed by atoms with Crippen LogP contribution in [0.25, 0.3) is 0 Å². The lowest BCUT2D eigenvalue weighted by atomic mass is 10.2. The molecule has 2 rings (SSSR count). The van der Waals surface area contributed by atoms with E-state index in [0.29, 0.717) is 12.5 Å². The van der Waals surface area contributed by atoms with Crippen LogP contribution in [0.15, 0.2) is 41.6 Å². The number of aromatic nitrogens is 2. The Kier molecular flexibility index (Phi) is 4.32. The first kappa shape index (κ1) is 14.2. The summed E-state index contributed by atoms with van der Waals surface area (Å²) in [5.41, 5.74) is 0.912. The average Bonchev–Trinajstić information content (AvgIpc) is 2.37. The van der Waals surface area contributed by atoms with E-state index >= 15 is 0 Å². The number of anilines is 1. The van der Waals surface area contributed by atoms with Crippen LogP contribution in [0.4, 0.5) is 5.95 Å². The van der Waals surface area contributed by atoms with Crippen molar-refractivity contribution in [2.24, 2.45) is 5.14 Å². The van der Waals surface area contributed by atoms with Gasteiger partial charge in [0.1, 0.15) is 0 Å². The predicted octanol–water partition coefficient (Wildman–Crippen LogP) is 1.34. The lowest BCUT2D eigenvalue weighted by Crippen LogP contribution is -2.12. The molecule has 0 bridgehead atoms. The molecule has 0 atom stereocenters. The van der Waals surface area contributed by atoms with Crippen molar-refractivity contribution in [3.05, 3.63) is 45.8 Å². The molecule has 19 heavy (non-hydrogen) atoms. The Labute approximate surface area is 124 Å². The summed E-state index contributed by atoms with van der Waals surface area (Å²) in [7, 11) is -3.64. The van der Waals surface area contributed by atoms with Crippen LogP contribution < -0.4 is 10.5 Å². The number of hydrogen-bond donors (Lipinski definition) is 2. The summed E-state index contributed by atoms with van der Waals surface area (Å²) in [4.78, 5) is 8.31. The highest BCUT2D eigenvalue weighted by Gasteiger charge is 2.06. The van der Waals surface area contributed by atoms with Crippen LogP contribution in [-0.4, -0.2) is 18.4 Å². The van der Waals surface area contributed by atoms with E-state index in [4.69, 9.17) is 5.14 Å². The first-order valence-electron chi connectivity index (χ1n) is 5.28. The Bertz CT molecular complexity index is 656. The molecule has 6 nitrogen and oxygen atoms in total. The van der Waals surface area contributed by atoms with Crippen molar-refractivity contribution in [2.45, 2.75) is 11.4 Å². The number of hydrogen-bond acceptors (Lipinski definition) is 5. The van der Waals surface area contributed by atoms with Crippen LogP contribution in [-0.2, 0) is 16.6 Å². The molecule has 2 aromatic rings. The van der Waals surface area contributed by atoms with Gasteiger partial charge in [-0.2, -0.15) is 0 Å². The van der Waals surface area contributed by atoms with Crippen molar-refractivity contribution in [1.82, 2.24) is 9.97 Å². The van der Waals surface area contributed by atoms with Gasteiger partial charge in [0.2, 0.25) is 16.0 Å². The first-order valence-corrected chi connectivity index (χ1v) is 7.91. The minimum Gasteiger partial charge on any atom is -0.350 e. The van der Waals surface area contributed by atoms with Gasteiger partial charge in [-0.3, -0.25) is 0 Å². The van der Waals surface area contributed by atoms with Crippen LogP contribution in [0.5, 0.6) is 0 Å². The second-order valence-corrected chi connectivity index (χ2v) is 6.57. The Hall–Kier alpha value is -1.26. The summed E-state index contributed by atoms with van der Waals surface area (Å²) in [6.45, 7) is 0.505. The van der Waals surface area contributed by atoms with E-state index in [9.17, 15) is 8.42 Å². The Morgan fingerprint density at radius 1 is 1.16 bits per heavy atom. The van der Waals surface area contributed by atoms with Gasteiger partial charge in [-0.15, -0.1) is 0 Å². The third kappa shape index (κ3) is 4.11. The van der Waals surface area contributed by atoms with Crippen molar-refractivity contribution >= 4 is 38.6 Å². The van der Waals surface area contributed by atoms with Gasteiger partial charge in [0.25, 0.3) is 0 Å². The van der Waals surface area contributed by atoms with Gasteiger partial charge in [0.05, 0.1) is 4.90 Å². The summed E-state index contributed by atoms with van der Waals surface area (Å²) >= 11 is 2.13. The van der Waals surface area contributed by atoms with Crippen LogP contribution in [0.3, 0.4) is 0 Å². The molecule has 100 valence electrons. The highest BCUT2D eigenvalue weighted by atomic mass is 127. The molecule has 1 heterocycles. The SMILES string of the molecule is NS(=O)(=O)c1ccc(CNc2ncc(I)cn2)cc1. The Morgan fingerprint density at radius 3 is 2.26 bits per heavy atom. The Morgan fingerprint density at radius 2 is 1.74 bits per heavy atom. The molecular weight excluding hydrogens is 379 g/mol. The quantitative estimate of drug-likeness (QED) is 0.768. The van der Waals surface area contributed by atoms with Crippen LogP contribution in [0, 0.1) is 3.57 Å². The second kappa shape index (κ2) is 5.80. The number of sulfonamides is 1. The molecule has 0 spiro atoms. The molecule has 8 heteroatoms. The molecule has 0 unspecified atom stereocenters. The average molecular weight is 390 g/mol. The van der Waals surface area contributed by atoms with E-state index in [2.05, 4.69) is 37.9 Å². The van der Waals surface area contributed by atoms with Crippen LogP contribution in [0.2, 0.25) is 0 Å². The van der Waals surface area contributed by atoms with Gasteiger partial charge in [-0.05, 0) is 40.3 Å². The van der Waals surface area contributed by atoms with Crippen molar-refractivity contribution in [2.75, 3.05) is 5.32 Å². The molecule has 1 aromatic carbocycles. The summed E-state index contributed by atoms with van der Waals surface area (Å²) in [6.07, 6.45) is 3.42. The second-order valence-electron chi connectivity index (χ2n) is 3.77. The van der Waals surface area contributed by atoms with E-state index in [1.807, 2.05) is 0 Å². The number of nitrogens with zero attached hydrogens (tertiary/aromatic N) is 2. The molecule has 0 aliphatic carbocycles. The molecular formula is C11H11IN4O2S. The summed E-state index contributed by atoms with van der Waals surface area (Å²) in [6, 6.07) is 6.33. The highest BCUT2D eigenvalue weighted by Crippen LogP contribution is 2.10. The van der Waals surface area contributed by atoms with E-state index in [-0.39, 0.29) is 4.90 Å². The lowest BCUT2D eigenvalue weighted by Gasteiger charge is -2.05. The third-order valence-corrected chi connectivity index (χ3v) is 3.81. The minimum atomic E-state index is -3.64. The highest BCUT2D eigenvalue weighted by molar-refractivity contribution is 14.1. The molecule has 3 N–H and O–H groups in total. The van der Waals surface area contributed by atoms with E-state index in [0.717, 1.165) is 9.13 Å². The van der Waals surface area contributed by atoms with Crippen molar-refractivity contribution < 1.29 is 8.42 Å². The van der Waals surface area contributed by atoms with Gasteiger partial charge < -0.3 is 5.32 Å². The zero-order chi connectivity index (χ0) is 13.9. The van der Waals surface area contributed by atoms with Crippen molar-refractivity contribution in [3.63, 3.8) is 0 Å². The fourth-order valence-corrected chi connectivity index (χ4v) is 2.18. The smallest absolute Gasteiger partial charge is 0.238 e. The number of halogens is 1. The monoisotopic (exact) mass is 390 g/mol. The number of primary sulfonamides is 1. The first-order chi connectivity index (χ1) is 8.95. The topological polar surface area (TPSA) is 98.0 Å². The number of rotatable bonds is 4. The molecule has 0 aliphatic heterocycles. The summed E-state index contributed by atoms with van der Waals surface area (Å²) in [5.74, 6) is 0.524. The van der Waals surface area contributed by atoms with Gasteiger partial charge in [-0.25, -0.2) is 23.5 Å². The fourth-order valence-electron chi connectivity index (χ4n) is 1.38. The fraction of sp³-hybridized carbons (Fsp3) is 0.0909. The minimum absolute atomic E-state index is 0.0989. The summed E-state index contributed by atoms with van der Waals surface area (Å²) in [5, 5.41) is 8.06. The molecule has 0 saturated carbocycles. The zero-order valence-electron chi connectivity index (χ0n) is 9.75. The molecule has 0 fully saturated rings. The molecule has 0 saturated heterocycles. The van der Waals surface area contributed by atoms with E-state index in [1.165, 1.54) is 12.1 Å². The maximum absolute atomic E-state index is 11.1. The standard InChI is InChI=1S/C11H11IN4O2S/c12-9-6-15-11(16-7-9)14-5-8-1-3-10(4-2-8)19(13,17)18/h1-4,6-7H,5H2,(H2,13,17,18)(H,14,15,16). The van der Waals surface area contributed by atoms with Gasteiger partial charge in [0.15, 0.2) is 0 Å². The zero-order valence-corrected chi connectivity index (χ0v) is 12.7. The van der Waals surface area contributed by atoms with E-state index < -0.39 is 10.0 Å². The molecule has 0 amide bonds. The molecule has 0 radical (unpaired) electrons. The van der Waals surface area contributed by atoms with Gasteiger partial charge in [0, 0.05) is 22.5 Å². The van der Waals surface area contributed by atoms with Crippen molar-refractivity contribution in [1.29, 1.82) is 0 Å².